The molecule has 0 radical (unpaired) electrons. The summed E-state index contributed by atoms with van der Waals surface area (Å²) in [7, 11) is 0. The summed E-state index contributed by atoms with van der Waals surface area (Å²) >= 11 is 0. The Kier molecular flexibility index (Phi) is 2.07. The Morgan fingerprint density at radius 2 is 2.23 bits per heavy atom. The number of aliphatic hydroxyl groups excluding tert-OH is 1. The molecule has 1 N–H and O–H groups in total. The summed E-state index contributed by atoms with van der Waals surface area (Å²) < 4.78 is 0. The molecule has 0 amide bonds. The van der Waals surface area contributed by atoms with Gasteiger partial charge in [0, 0.05) is 5.41 Å². The van der Waals surface area contributed by atoms with Crippen molar-refractivity contribution in [2.45, 2.75) is 39.2 Å². The third-order valence-electron chi connectivity index (χ3n) is 3.75. The molecule has 1 saturated carbocycles. The normalized spacial score (nSPS) is 44.1. The molecule has 13 heavy (non-hydrogen) atoms. The van der Waals surface area contributed by atoms with Crippen molar-refractivity contribution >= 4 is 0 Å². The molecule has 2 rings (SSSR count). The molecule has 1 heteroatoms. The molecular formula is C12H18O. The van der Waals surface area contributed by atoms with Gasteiger partial charge < -0.3 is 5.11 Å². The molecule has 1 nitrogen and oxygen atoms in total. The molecule has 72 valence electrons. The third kappa shape index (κ3) is 1.26. The van der Waals surface area contributed by atoms with E-state index in [1.54, 1.807) is 0 Å². The first-order chi connectivity index (χ1) is 6.14. The highest BCUT2D eigenvalue weighted by Gasteiger charge is 2.41. The Labute approximate surface area is 80.2 Å². The zero-order valence-corrected chi connectivity index (χ0v) is 8.46. The summed E-state index contributed by atoms with van der Waals surface area (Å²) in [5.41, 5.74) is 1.49. The molecule has 0 bridgehead atoms. The zero-order chi connectivity index (χ0) is 9.47. The standard InChI is InChI=1S/C12H18O/c1-9-6-7-11(13)12(2)8-4-3-5-10(9)12/h3-5,9,11,13H,6-8H2,1-2H3/t9-,11-,12-/m0/s1. The van der Waals surface area contributed by atoms with Crippen molar-refractivity contribution in [3.8, 4) is 0 Å². The van der Waals surface area contributed by atoms with Crippen LogP contribution in [0.5, 0.6) is 0 Å². The van der Waals surface area contributed by atoms with Crippen molar-refractivity contribution in [2.24, 2.45) is 11.3 Å². The van der Waals surface area contributed by atoms with Crippen LogP contribution in [0.2, 0.25) is 0 Å². The van der Waals surface area contributed by atoms with Crippen LogP contribution in [0.4, 0.5) is 0 Å². The van der Waals surface area contributed by atoms with Gasteiger partial charge in [-0.05, 0) is 25.2 Å². The Morgan fingerprint density at radius 3 is 2.92 bits per heavy atom. The van der Waals surface area contributed by atoms with Crippen LogP contribution >= 0.6 is 0 Å². The summed E-state index contributed by atoms with van der Waals surface area (Å²) in [5.74, 6) is 0.651. The summed E-state index contributed by atoms with van der Waals surface area (Å²) in [6.07, 6.45) is 9.47. The van der Waals surface area contributed by atoms with E-state index in [2.05, 4.69) is 32.1 Å². The van der Waals surface area contributed by atoms with Crippen LogP contribution in [0.3, 0.4) is 0 Å². The Bertz CT molecular complexity index is 264. The SMILES string of the molecule is C[C@H]1CC[C@H](O)[C@@]2(C)CC=CC=C12. The van der Waals surface area contributed by atoms with Crippen LogP contribution in [0.15, 0.2) is 23.8 Å². The first-order valence-corrected chi connectivity index (χ1v) is 5.20. The van der Waals surface area contributed by atoms with Crippen molar-refractivity contribution in [3.05, 3.63) is 23.8 Å². The lowest BCUT2D eigenvalue weighted by Gasteiger charge is -2.44. The highest BCUT2D eigenvalue weighted by Crippen LogP contribution is 2.47. The molecule has 0 spiro atoms. The van der Waals surface area contributed by atoms with Crippen molar-refractivity contribution in [1.82, 2.24) is 0 Å². The molecular weight excluding hydrogens is 160 g/mol. The van der Waals surface area contributed by atoms with E-state index in [1.165, 1.54) is 5.57 Å². The largest absolute Gasteiger partial charge is 0.392 e. The summed E-state index contributed by atoms with van der Waals surface area (Å²) in [6.45, 7) is 4.47. The smallest absolute Gasteiger partial charge is 0.0634 e. The van der Waals surface area contributed by atoms with Crippen LogP contribution in [-0.2, 0) is 0 Å². The molecule has 0 aromatic rings. The maximum Gasteiger partial charge on any atom is 0.0634 e. The minimum atomic E-state index is -0.139. The molecule has 0 saturated heterocycles. The maximum atomic E-state index is 10.0. The number of hydrogen-bond acceptors (Lipinski definition) is 1. The van der Waals surface area contributed by atoms with E-state index in [0.29, 0.717) is 5.92 Å². The fraction of sp³-hybridized carbons (Fsp3) is 0.667. The lowest BCUT2D eigenvalue weighted by Crippen LogP contribution is -2.41. The Morgan fingerprint density at radius 1 is 1.46 bits per heavy atom. The van der Waals surface area contributed by atoms with E-state index in [-0.39, 0.29) is 11.5 Å². The topological polar surface area (TPSA) is 20.2 Å². The Balaban J connectivity index is 2.36. The van der Waals surface area contributed by atoms with E-state index >= 15 is 0 Å². The molecule has 0 aromatic heterocycles. The van der Waals surface area contributed by atoms with Crippen LogP contribution in [0.25, 0.3) is 0 Å². The lowest BCUT2D eigenvalue weighted by molar-refractivity contribution is 0.0260. The van der Waals surface area contributed by atoms with Gasteiger partial charge in [0.1, 0.15) is 0 Å². The second kappa shape index (κ2) is 2.98. The number of aliphatic hydroxyl groups is 1. The van der Waals surface area contributed by atoms with E-state index in [9.17, 15) is 5.11 Å². The van der Waals surface area contributed by atoms with Crippen molar-refractivity contribution in [3.63, 3.8) is 0 Å². The van der Waals surface area contributed by atoms with Gasteiger partial charge in [0.25, 0.3) is 0 Å². The molecule has 0 aromatic carbocycles. The van der Waals surface area contributed by atoms with Gasteiger partial charge in [0.05, 0.1) is 6.10 Å². The van der Waals surface area contributed by atoms with Crippen molar-refractivity contribution < 1.29 is 5.11 Å². The number of fused-ring (bicyclic) bond motifs is 1. The zero-order valence-electron chi connectivity index (χ0n) is 8.46. The number of allylic oxidation sites excluding steroid dienone is 3. The van der Waals surface area contributed by atoms with Gasteiger partial charge in [-0.2, -0.15) is 0 Å². The average Bonchev–Trinajstić information content (AvgIpc) is 2.12. The predicted molar refractivity (Wildman–Crippen MR) is 54.4 cm³/mol. The molecule has 0 heterocycles. The minimum absolute atomic E-state index is 0.0341. The molecule has 1 fully saturated rings. The van der Waals surface area contributed by atoms with Gasteiger partial charge in [0.2, 0.25) is 0 Å². The van der Waals surface area contributed by atoms with Gasteiger partial charge in [-0.3, -0.25) is 0 Å². The molecule has 0 aliphatic heterocycles. The third-order valence-corrected chi connectivity index (χ3v) is 3.75. The first kappa shape index (κ1) is 9.01. The fourth-order valence-electron chi connectivity index (χ4n) is 2.73. The lowest BCUT2D eigenvalue weighted by atomic mass is 9.62. The van der Waals surface area contributed by atoms with Crippen molar-refractivity contribution in [2.75, 3.05) is 0 Å². The summed E-state index contributed by atoms with van der Waals surface area (Å²) in [6, 6.07) is 0. The van der Waals surface area contributed by atoms with Crippen LogP contribution < -0.4 is 0 Å². The second-order valence-corrected chi connectivity index (χ2v) is 4.67. The van der Waals surface area contributed by atoms with Gasteiger partial charge in [0.15, 0.2) is 0 Å². The van der Waals surface area contributed by atoms with Crippen LogP contribution in [0.1, 0.15) is 33.1 Å². The van der Waals surface area contributed by atoms with E-state index in [0.717, 1.165) is 19.3 Å². The maximum absolute atomic E-state index is 10.0. The van der Waals surface area contributed by atoms with Crippen molar-refractivity contribution in [1.29, 1.82) is 0 Å². The van der Waals surface area contributed by atoms with E-state index in [1.807, 2.05) is 0 Å². The fourth-order valence-corrected chi connectivity index (χ4v) is 2.73. The van der Waals surface area contributed by atoms with E-state index in [4.69, 9.17) is 0 Å². The van der Waals surface area contributed by atoms with Gasteiger partial charge in [-0.1, -0.05) is 37.6 Å². The first-order valence-electron chi connectivity index (χ1n) is 5.20. The number of hydrogen-bond donors (Lipinski definition) is 1. The minimum Gasteiger partial charge on any atom is -0.392 e. The second-order valence-electron chi connectivity index (χ2n) is 4.67. The highest BCUT2D eigenvalue weighted by atomic mass is 16.3. The molecule has 3 atom stereocenters. The average molecular weight is 178 g/mol. The monoisotopic (exact) mass is 178 g/mol. The van der Waals surface area contributed by atoms with Gasteiger partial charge >= 0.3 is 0 Å². The van der Waals surface area contributed by atoms with Crippen LogP contribution in [-0.4, -0.2) is 11.2 Å². The van der Waals surface area contributed by atoms with Gasteiger partial charge in [-0.25, -0.2) is 0 Å². The summed E-state index contributed by atoms with van der Waals surface area (Å²) in [4.78, 5) is 0. The van der Waals surface area contributed by atoms with Crippen LogP contribution in [0, 0.1) is 11.3 Å². The predicted octanol–water partition coefficient (Wildman–Crippen LogP) is 2.67. The Hall–Kier alpha value is -0.560. The summed E-state index contributed by atoms with van der Waals surface area (Å²) in [5, 5.41) is 10.0. The van der Waals surface area contributed by atoms with Gasteiger partial charge in [-0.15, -0.1) is 0 Å². The highest BCUT2D eigenvalue weighted by molar-refractivity contribution is 5.30. The number of rotatable bonds is 0. The van der Waals surface area contributed by atoms with E-state index < -0.39 is 0 Å². The molecule has 0 unspecified atom stereocenters. The quantitative estimate of drug-likeness (QED) is 0.604. The molecule has 2 aliphatic carbocycles. The molecule has 2 aliphatic rings.